The first kappa shape index (κ1) is 24.3. The van der Waals surface area contributed by atoms with Crippen LogP contribution in [0.3, 0.4) is 0 Å². The van der Waals surface area contributed by atoms with Crippen molar-refractivity contribution in [1.29, 1.82) is 0 Å². The molecule has 1 fully saturated rings. The number of carbonyl (C=O) groups is 1. The Hall–Kier alpha value is -4.39. The SMILES string of the molecule is O=C(O)N1CCC(S(=O)(=O)c2ccc(Nc3ncc(/C=C/c4cc(F)cc5[nH]nnc45)cn3)cc2)CC1. The van der Waals surface area contributed by atoms with Gasteiger partial charge in [0.1, 0.15) is 11.3 Å². The minimum Gasteiger partial charge on any atom is -0.465 e. The number of nitrogens with one attached hydrogen (secondary N) is 2. The molecule has 2 aromatic heterocycles. The van der Waals surface area contributed by atoms with Gasteiger partial charge in [-0.1, -0.05) is 17.4 Å². The number of H-pyrrole nitrogens is 1. The van der Waals surface area contributed by atoms with Crippen molar-refractivity contribution in [2.45, 2.75) is 23.0 Å². The van der Waals surface area contributed by atoms with Gasteiger partial charge in [-0.05, 0) is 43.2 Å². The molecule has 3 N–H and O–H groups in total. The van der Waals surface area contributed by atoms with Crippen molar-refractivity contribution >= 4 is 50.8 Å². The van der Waals surface area contributed by atoms with Crippen molar-refractivity contribution < 1.29 is 22.7 Å². The molecule has 0 saturated carbocycles. The summed E-state index contributed by atoms with van der Waals surface area (Å²) in [4.78, 5) is 21.0. The summed E-state index contributed by atoms with van der Waals surface area (Å²) < 4.78 is 39.7. The van der Waals surface area contributed by atoms with Crippen LogP contribution in [0.5, 0.6) is 0 Å². The van der Waals surface area contributed by atoms with Crippen LogP contribution in [0.25, 0.3) is 23.2 Å². The number of aromatic nitrogens is 5. The highest BCUT2D eigenvalue weighted by atomic mass is 32.2. The Labute approximate surface area is 211 Å². The number of halogens is 1. The molecule has 0 bridgehead atoms. The molecule has 11 nitrogen and oxygen atoms in total. The molecule has 0 atom stereocenters. The van der Waals surface area contributed by atoms with Gasteiger partial charge in [0, 0.05) is 48.4 Å². The van der Waals surface area contributed by atoms with Crippen molar-refractivity contribution in [1.82, 2.24) is 30.3 Å². The maximum Gasteiger partial charge on any atom is 0.407 e. The number of benzene rings is 2. The molecule has 13 heteroatoms. The van der Waals surface area contributed by atoms with Crippen molar-refractivity contribution in [2.24, 2.45) is 0 Å². The van der Waals surface area contributed by atoms with Gasteiger partial charge in [-0.3, -0.25) is 5.10 Å². The summed E-state index contributed by atoms with van der Waals surface area (Å²) in [5, 5.41) is 21.8. The number of piperidine rings is 1. The molecule has 4 aromatic rings. The van der Waals surface area contributed by atoms with E-state index in [2.05, 4.69) is 30.7 Å². The fourth-order valence-corrected chi connectivity index (χ4v) is 5.89. The third-order valence-electron chi connectivity index (χ3n) is 6.14. The quantitative estimate of drug-likeness (QED) is 0.343. The van der Waals surface area contributed by atoms with E-state index in [1.165, 1.54) is 29.2 Å². The lowest BCUT2D eigenvalue weighted by Crippen LogP contribution is -2.41. The van der Waals surface area contributed by atoms with Gasteiger partial charge in [0.15, 0.2) is 9.84 Å². The first-order valence-electron chi connectivity index (χ1n) is 11.4. The summed E-state index contributed by atoms with van der Waals surface area (Å²) in [5.41, 5.74) is 2.90. The van der Waals surface area contributed by atoms with Crippen LogP contribution >= 0.6 is 0 Å². The summed E-state index contributed by atoms with van der Waals surface area (Å²) in [6, 6.07) is 8.97. The van der Waals surface area contributed by atoms with E-state index in [-0.39, 0.29) is 30.8 Å². The van der Waals surface area contributed by atoms with E-state index in [1.807, 2.05) is 0 Å². The number of carboxylic acid groups (broad SMARTS) is 1. The first-order valence-corrected chi connectivity index (χ1v) is 12.9. The number of hydrogen-bond acceptors (Lipinski definition) is 8. The van der Waals surface area contributed by atoms with Gasteiger partial charge in [0.25, 0.3) is 0 Å². The molecule has 1 aliphatic rings. The number of rotatable bonds is 6. The molecule has 0 unspecified atom stereocenters. The van der Waals surface area contributed by atoms with Crippen molar-refractivity contribution in [3.63, 3.8) is 0 Å². The molecule has 3 heterocycles. The lowest BCUT2D eigenvalue weighted by Gasteiger charge is -2.29. The molecule has 0 aliphatic carbocycles. The molecule has 190 valence electrons. The lowest BCUT2D eigenvalue weighted by atomic mass is 10.1. The Morgan fingerprint density at radius 1 is 1.11 bits per heavy atom. The van der Waals surface area contributed by atoms with E-state index in [9.17, 15) is 17.6 Å². The van der Waals surface area contributed by atoms with E-state index in [4.69, 9.17) is 5.11 Å². The molecular weight excluding hydrogens is 501 g/mol. The smallest absolute Gasteiger partial charge is 0.407 e. The molecule has 1 amide bonds. The van der Waals surface area contributed by atoms with E-state index >= 15 is 0 Å². The molecule has 37 heavy (non-hydrogen) atoms. The zero-order chi connectivity index (χ0) is 26.0. The largest absolute Gasteiger partial charge is 0.465 e. The van der Waals surface area contributed by atoms with Crippen LogP contribution in [0, 0.1) is 5.82 Å². The van der Waals surface area contributed by atoms with Crippen LogP contribution in [-0.2, 0) is 9.84 Å². The number of amides is 1. The van der Waals surface area contributed by atoms with Gasteiger partial charge in [-0.25, -0.2) is 27.6 Å². The summed E-state index contributed by atoms with van der Waals surface area (Å²) in [6.07, 6.45) is 6.12. The minimum atomic E-state index is -3.57. The highest BCUT2D eigenvalue weighted by molar-refractivity contribution is 7.92. The van der Waals surface area contributed by atoms with Gasteiger partial charge in [-0.2, -0.15) is 0 Å². The normalized spacial score (nSPS) is 14.9. The average Bonchev–Trinajstić information content (AvgIpc) is 3.37. The Morgan fingerprint density at radius 3 is 2.49 bits per heavy atom. The summed E-state index contributed by atoms with van der Waals surface area (Å²) in [7, 11) is -3.57. The van der Waals surface area contributed by atoms with E-state index < -0.39 is 27.0 Å². The second kappa shape index (κ2) is 9.93. The third kappa shape index (κ3) is 5.26. The second-order valence-electron chi connectivity index (χ2n) is 8.54. The average molecular weight is 524 g/mol. The van der Waals surface area contributed by atoms with Crippen LogP contribution in [0.2, 0.25) is 0 Å². The van der Waals surface area contributed by atoms with Crippen LogP contribution in [0.4, 0.5) is 20.8 Å². The van der Waals surface area contributed by atoms with Crippen molar-refractivity contribution in [3.05, 3.63) is 65.7 Å². The Morgan fingerprint density at radius 2 is 1.81 bits per heavy atom. The first-order chi connectivity index (χ1) is 17.8. The number of hydrogen-bond donors (Lipinski definition) is 3. The van der Waals surface area contributed by atoms with Gasteiger partial charge in [0.05, 0.1) is 15.7 Å². The summed E-state index contributed by atoms with van der Waals surface area (Å²) >= 11 is 0. The van der Waals surface area contributed by atoms with E-state index in [0.717, 1.165) is 0 Å². The fraction of sp³-hybridized carbons (Fsp3) is 0.208. The standard InChI is InChI=1S/C24H22FN7O4S/c25-17-11-16(22-21(12-17)29-31-30-22)2-1-15-13-26-23(27-14-15)28-18-3-5-19(6-4-18)37(35,36)20-7-9-32(10-8-20)24(33)34/h1-6,11-14,20H,7-10H2,(H,33,34)(H,26,27,28)(H,29,30,31)/b2-1+. The third-order valence-corrected chi connectivity index (χ3v) is 8.42. The maximum atomic E-state index is 13.8. The number of anilines is 2. The molecule has 1 aliphatic heterocycles. The monoisotopic (exact) mass is 523 g/mol. The molecule has 2 aromatic carbocycles. The number of likely N-dealkylation sites (tertiary alicyclic amines) is 1. The Balaban J connectivity index is 1.23. The van der Waals surface area contributed by atoms with Crippen LogP contribution in [-0.4, -0.2) is 68.2 Å². The number of aromatic amines is 1. The highest BCUT2D eigenvalue weighted by Gasteiger charge is 2.32. The summed E-state index contributed by atoms with van der Waals surface area (Å²) in [6.45, 7) is 0.405. The topological polar surface area (TPSA) is 154 Å². The van der Waals surface area contributed by atoms with Gasteiger partial charge in [-0.15, -0.1) is 5.10 Å². The zero-order valence-corrected chi connectivity index (χ0v) is 20.2. The van der Waals surface area contributed by atoms with Gasteiger partial charge >= 0.3 is 6.09 Å². The van der Waals surface area contributed by atoms with Crippen LogP contribution in [0.15, 0.2) is 53.7 Å². The van der Waals surface area contributed by atoms with Crippen LogP contribution < -0.4 is 5.32 Å². The fourth-order valence-electron chi connectivity index (χ4n) is 4.15. The van der Waals surface area contributed by atoms with Gasteiger partial charge in [0.2, 0.25) is 5.95 Å². The molecule has 0 radical (unpaired) electrons. The maximum absolute atomic E-state index is 13.8. The Kier molecular flexibility index (Phi) is 6.53. The minimum absolute atomic E-state index is 0.187. The van der Waals surface area contributed by atoms with Crippen molar-refractivity contribution in [2.75, 3.05) is 18.4 Å². The predicted molar refractivity (Wildman–Crippen MR) is 134 cm³/mol. The number of sulfone groups is 1. The Bertz CT molecular complexity index is 1560. The second-order valence-corrected chi connectivity index (χ2v) is 10.8. The lowest BCUT2D eigenvalue weighted by molar-refractivity contribution is 0.136. The van der Waals surface area contributed by atoms with E-state index in [0.29, 0.717) is 33.8 Å². The number of fused-ring (bicyclic) bond motifs is 1. The van der Waals surface area contributed by atoms with Crippen LogP contribution in [0.1, 0.15) is 24.0 Å². The highest BCUT2D eigenvalue weighted by Crippen LogP contribution is 2.26. The van der Waals surface area contributed by atoms with E-state index in [1.54, 1.807) is 36.7 Å². The zero-order valence-electron chi connectivity index (χ0n) is 19.4. The molecule has 5 rings (SSSR count). The predicted octanol–water partition coefficient (Wildman–Crippen LogP) is 3.72. The summed E-state index contributed by atoms with van der Waals surface area (Å²) in [5.74, 6) is -0.0881. The van der Waals surface area contributed by atoms with Crippen molar-refractivity contribution in [3.8, 4) is 0 Å². The molecular formula is C24H22FN7O4S. The van der Waals surface area contributed by atoms with Gasteiger partial charge < -0.3 is 15.3 Å². The molecule has 0 spiro atoms. The number of nitrogens with zero attached hydrogens (tertiary/aromatic N) is 5. The molecule has 1 saturated heterocycles.